The van der Waals surface area contributed by atoms with Crippen LogP contribution in [0.1, 0.15) is 54.6 Å². The molecule has 2 heterocycles. The number of hydrogen-bond donors (Lipinski definition) is 1. The Morgan fingerprint density at radius 1 is 1.00 bits per heavy atom. The number of aryl methyl sites for hydroxylation is 2. The van der Waals surface area contributed by atoms with Gasteiger partial charge in [-0.1, -0.05) is 39.0 Å². The van der Waals surface area contributed by atoms with E-state index in [4.69, 9.17) is 4.74 Å². The Bertz CT molecular complexity index is 1320. The minimum atomic E-state index is -0.816. The summed E-state index contributed by atoms with van der Waals surface area (Å²) in [6, 6.07) is 14.0. The van der Waals surface area contributed by atoms with Gasteiger partial charge in [0.25, 0.3) is 11.7 Å². The number of ketones is 1. The zero-order valence-corrected chi connectivity index (χ0v) is 20.9. The predicted octanol–water partition coefficient (Wildman–Crippen LogP) is 5.63. The standard InChI is InChI=1S/C29H30N2O4/c1-17-15-18(2)27(35-6)22(16-17)25(32)23-24(19-11-13-30-14-12-19)31(28(34)26(23)33)21-9-7-20(8-10-21)29(3,4)5/h7-16,24,32H,1-6H3/b25-23+. The molecule has 0 spiro atoms. The van der Waals surface area contributed by atoms with E-state index in [9.17, 15) is 14.7 Å². The number of amides is 1. The van der Waals surface area contributed by atoms with Crippen LogP contribution >= 0.6 is 0 Å². The van der Waals surface area contributed by atoms with Gasteiger partial charge in [0.15, 0.2) is 0 Å². The van der Waals surface area contributed by atoms with Gasteiger partial charge in [-0.15, -0.1) is 0 Å². The summed E-state index contributed by atoms with van der Waals surface area (Å²) >= 11 is 0. The first-order valence-corrected chi connectivity index (χ1v) is 11.5. The molecular formula is C29H30N2O4. The highest BCUT2D eigenvalue weighted by Gasteiger charge is 2.47. The predicted molar refractivity (Wildman–Crippen MR) is 137 cm³/mol. The molecule has 1 fully saturated rings. The van der Waals surface area contributed by atoms with Crippen molar-refractivity contribution in [3.63, 3.8) is 0 Å². The van der Waals surface area contributed by atoms with Crippen molar-refractivity contribution in [3.8, 4) is 5.75 Å². The first-order chi connectivity index (χ1) is 16.5. The lowest BCUT2D eigenvalue weighted by atomic mass is 9.87. The molecule has 3 aromatic rings. The number of carbonyl (C=O) groups excluding carboxylic acids is 2. The van der Waals surface area contributed by atoms with Gasteiger partial charge in [-0.05, 0) is 71.8 Å². The number of rotatable bonds is 4. The zero-order valence-electron chi connectivity index (χ0n) is 20.9. The Labute approximate surface area is 205 Å². The highest BCUT2D eigenvalue weighted by Crippen LogP contribution is 2.44. The van der Waals surface area contributed by atoms with Crippen molar-refractivity contribution < 1.29 is 19.4 Å². The van der Waals surface area contributed by atoms with Crippen LogP contribution < -0.4 is 9.64 Å². The molecule has 1 atom stereocenters. The quantitative estimate of drug-likeness (QED) is 0.304. The maximum Gasteiger partial charge on any atom is 0.300 e. The van der Waals surface area contributed by atoms with Crippen molar-refractivity contribution in [2.75, 3.05) is 12.0 Å². The second kappa shape index (κ2) is 9.02. The van der Waals surface area contributed by atoms with Crippen molar-refractivity contribution in [3.05, 3.63) is 94.3 Å². The van der Waals surface area contributed by atoms with E-state index in [1.165, 1.54) is 12.0 Å². The van der Waals surface area contributed by atoms with E-state index in [-0.39, 0.29) is 16.7 Å². The number of anilines is 1. The van der Waals surface area contributed by atoms with Crippen LogP contribution in [0.25, 0.3) is 5.76 Å². The molecule has 35 heavy (non-hydrogen) atoms. The monoisotopic (exact) mass is 470 g/mol. The van der Waals surface area contributed by atoms with Gasteiger partial charge in [0.2, 0.25) is 0 Å². The fourth-order valence-electron chi connectivity index (χ4n) is 4.63. The summed E-state index contributed by atoms with van der Waals surface area (Å²) in [4.78, 5) is 32.3. The lowest BCUT2D eigenvalue weighted by molar-refractivity contribution is -0.132. The first-order valence-electron chi connectivity index (χ1n) is 11.5. The Balaban J connectivity index is 1.95. The number of hydrogen-bond acceptors (Lipinski definition) is 5. The lowest BCUT2D eigenvalue weighted by Gasteiger charge is -2.26. The van der Waals surface area contributed by atoms with Crippen LogP contribution in [0.3, 0.4) is 0 Å². The third-order valence-corrected chi connectivity index (χ3v) is 6.36. The summed E-state index contributed by atoms with van der Waals surface area (Å²) in [5.41, 5.74) is 4.42. The molecule has 1 N–H and O–H groups in total. The van der Waals surface area contributed by atoms with Gasteiger partial charge in [0.05, 0.1) is 24.3 Å². The molecule has 4 rings (SSSR count). The number of nitrogens with zero attached hydrogens (tertiary/aromatic N) is 2. The van der Waals surface area contributed by atoms with Gasteiger partial charge in [-0.2, -0.15) is 0 Å². The molecule has 1 saturated heterocycles. The fraction of sp³-hybridized carbons (Fsp3) is 0.276. The van der Waals surface area contributed by atoms with Crippen molar-refractivity contribution >= 4 is 23.1 Å². The lowest BCUT2D eigenvalue weighted by Crippen LogP contribution is -2.29. The van der Waals surface area contributed by atoms with Gasteiger partial charge in [-0.25, -0.2) is 0 Å². The largest absolute Gasteiger partial charge is 0.507 e. The Hall–Kier alpha value is -3.93. The van der Waals surface area contributed by atoms with Crippen molar-refractivity contribution in [1.29, 1.82) is 0 Å². The molecular weight excluding hydrogens is 440 g/mol. The molecule has 6 nitrogen and oxygen atoms in total. The molecule has 0 aliphatic carbocycles. The summed E-state index contributed by atoms with van der Waals surface area (Å²) in [7, 11) is 1.52. The van der Waals surface area contributed by atoms with Crippen molar-refractivity contribution in [1.82, 2.24) is 4.98 Å². The molecule has 0 bridgehead atoms. The van der Waals surface area contributed by atoms with E-state index >= 15 is 0 Å². The number of Topliss-reactive ketones (excluding diaryl/α,β-unsaturated/α-hetero) is 1. The van der Waals surface area contributed by atoms with Crippen LogP contribution in [-0.2, 0) is 15.0 Å². The minimum absolute atomic E-state index is 0.0180. The molecule has 1 amide bonds. The molecule has 0 saturated carbocycles. The molecule has 1 aliphatic heterocycles. The van der Waals surface area contributed by atoms with Gasteiger partial charge >= 0.3 is 0 Å². The number of aliphatic hydroxyl groups excluding tert-OH is 1. The van der Waals surface area contributed by atoms with Crippen molar-refractivity contribution in [2.24, 2.45) is 0 Å². The normalized spacial score (nSPS) is 17.7. The van der Waals surface area contributed by atoms with Gasteiger partial charge in [0, 0.05) is 18.1 Å². The van der Waals surface area contributed by atoms with Crippen LogP contribution in [0.4, 0.5) is 5.69 Å². The summed E-state index contributed by atoms with van der Waals surface area (Å²) in [6.07, 6.45) is 3.21. The Morgan fingerprint density at radius 2 is 1.63 bits per heavy atom. The summed E-state index contributed by atoms with van der Waals surface area (Å²) in [5.74, 6) is -1.24. The SMILES string of the molecule is COc1c(C)cc(C)cc1/C(O)=C1\C(=O)C(=O)N(c2ccc(C(C)(C)C)cc2)C1c1ccncc1. The van der Waals surface area contributed by atoms with E-state index in [2.05, 4.69) is 25.8 Å². The third kappa shape index (κ3) is 4.32. The summed E-state index contributed by atoms with van der Waals surface area (Å²) < 4.78 is 5.56. The smallest absolute Gasteiger partial charge is 0.300 e. The first kappa shape index (κ1) is 24.2. The van der Waals surface area contributed by atoms with E-state index in [1.807, 2.05) is 44.2 Å². The molecule has 0 radical (unpaired) electrons. The zero-order chi connectivity index (χ0) is 25.5. The van der Waals surface area contributed by atoms with Gasteiger partial charge < -0.3 is 9.84 Å². The molecule has 1 aliphatic rings. The maximum atomic E-state index is 13.4. The number of pyridine rings is 1. The average Bonchev–Trinajstić information content (AvgIpc) is 3.08. The van der Waals surface area contributed by atoms with Crippen LogP contribution in [0.15, 0.2) is 66.5 Å². The minimum Gasteiger partial charge on any atom is -0.507 e. The van der Waals surface area contributed by atoms with Crippen molar-refractivity contribution in [2.45, 2.75) is 46.1 Å². The molecule has 6 heteroatoms. The maximum absolute atomic E-state index is 13.4. The highest BCUT2D eigenvalue weighted by molar-refractivity contribution is 6.51. The van der Waals surface area contributed by atoms with E-state index in [0.29, 0.717) is 22.6 Å². The number of carbonyl (C=O) groups is 2. The summed E-state index contributed by atoms with van der Waals surface area (Å²) in [6.45, 7) is 10.1. The molecule has 180 valence electrons. The van der Waals surface area contributed by atoms with Gasteiger partial charge in [-0.3, -0.25) is 19.5 Å². The van der Waals surface area contributed by atoms with Crippen LogP contribution in [0, 0.1) is 13.8 Å². The Morgan fingerprint density at radius 3 is 2.20 bits per heavy atom. The molecule has 2 aromatic carbocycles. The highest BCUT2D eigenvalue weighted by atomic mass is 16.5. The number of benzene rings is 2. The number of methoxy groups -OCH3 is 1. The second-order valence-corrected chi connectivity index (χ2v) is 9.91. The average molecular weight is 471 g/mol. The Kier molecular flexibility index (Phi) is 6.24. The number of aromatic nitrogens is 1. The van der Waals surface area contributed by atoms with Gasteiger partial charge in [0.1, 0.15) is 11.5 Å². The van der Waals surface area contributed by atoms with E-state index in [1.54, 1.807) is 30.6 Å². The third-order valence-electron chi connectivity index (χ3n) is 6.36. The van der Waals surface area contributed by atoms with E-state index < -0.39 is 17.7 Å². The molecule has 1 unspecified atom stereocenters. The van der Waals surface area contributed by atoms with Crippen LogP contribution in [0.2, 0.25) is 0 Å². The summed E-state index contributed by atoms with van der Waals surface area (Å²) in [5, 5.41) is 11.5. The fourth-order valence-corrected chi connectivity index (χ4v) is 4.63. The van der Waals surface area contributed by atoms with Crippen LogP contribution in [-0.4, -0.2) is 28.9 Å². The second-order valence-electron chi connectivity index (χ2n) is 9.91. The topological polar surface area (TPSA) is 79.7 Å². The van der Waals surface area contributed by atoms with E-state index in [0.717, 1.165) is 16.7 Å². The molecule has 1 aromatic heterocycles. The number of aliphatic hydroxyl groups is 1. The number of ether oxygens (including phenoxy) is 1. The van der Waals surface area contributed by atoms with Crippen LogP contribution in [0.5, 0.6) is 5.75 Å².